The zero-order valence-corrected chi connectivity index (χ0v) is 25.1. The summed E-state index contributed by atoms with van der Waals surface area (Å²) in [5.41, 5.74) is 3.77. The number of sulfonamides is 1. The van der Waals surface area contributed by atoms with Gasteiger partial charge in [0.1, 0.15) is 11.5 Å². The topological polar surface area (TPSA) is 148 Å². The molecule has 3 N–H and O–H groups in total. The lowest BCUT2D eigenvalue weighted by Gasteiger charge is -2.11. The van der Waals surface area contributed by atoms with Crippen LogP contribution in [-0.2, 0) is 14.8 Å². The van der Waals surface area contributed by atoms with E-state index >= 15 is 0 Å². The number of hydrogen-bond acceptors (Lipinski definition) is 9. The SMILES string of the molecule is COc1ccc(-c2nc(SC(C)C(=O)Nc3ccc(S(=O)(=O)Nc4ncccn4)cc3)[nH]c2-c2ccc(OC)cc2)cc1. The Morgan fingerprint density at radius 2 is 1.44 bits per heavy atom. The Bertz CT molecular complexity index is 1730. The minimum Gasteiger partial charge on any atom is -0.497 e. The molecule has 0 spiro atoms. The number of nitrogens with zero attached hydrogens (tertiary/aromatic N) is 3. The molecule has 1 amide bonds. The lowest BCUT2D eigenvalue weighted by atomic mass is 10.0. The van der Waals surface area contributed by atoms with Crippen molar-refractivity contribution in [1.82, 2.24) is 19.9 Å². The van der Waals surface area contributed by atoms with Gasteiger partial charge in [0.15, 0.2) is 5.16 Å². The van der Waals surface area contributed by atoms with E-state index in [2.05, 4.69) is 25.0 Å². The van der Waals surface area contributed by atoms with Gasteiger partial charge in [0, 0.05) is 29.2 Å². The molecule has 2 aromatic heterocycles. The highest BCUT2D eigenvalue weighted by Crippen LogP contribution is 2.35. The van der Waals surface area contributed by atoms with Crippen LogP contribution in [0.15, 0.2) is 101 Å². The molecule has 2 heterocycles. The van der Waals surface area contributed by atoms with Crippen molar-refractivity contribution in [3.63, 3.8) is 0 Å². The third-order valence-electron chi connectivity index (χ3n) is 6.31. The lowest BCUT2D eigenvalue weighted by Crippen LogP contribution is -2.22. The maximum Gasteiger partial charge on any atom is 0.264 e. The normalized spacial score (nSPS) is 11.9. The molecular weight excluding hydrogens is 589 g/mol. The second-order valence-corrected chi connectivity index (χ2v) is 12.2. The molecule has 13 heteroatoms. The number of carbonyl (C=O) groups excluding carboxylic acids is 1. The van der Waals surface area contributed by atoms with Crippen LogP contribution in [0.5, 0.6) is 11.5 Å². The van der Waals surface area contributed by atoms with Crippen molar-refractivity contribution < 1.29 is 22.7 Å². The lowest BCUT2D eigenvalue weighted by molar-refractivity contribution is -0.115. The van der Waals surface area contributed by atoms with Crippen LogP contribution in [0.4, 0.5) is 11.6 Å². The van der Waals surface area contributed by atoms with Crippen LogP contribution in [0.3, 0.4) is 0 Å². The average Bonchev–Trinajstić information content (AvgIpc) is 3.45. The van der Waals surface area contributed by atoms with Crippen molar-refractivity contribution >= 4 is 39.3 Å². The fourth-order valence-electron chi connectivity index (χ4n) is 4.04. The third kappa shape index (κ3) is 7.13. The van der Waals surface area contributed by atoms with Gasteiger partial charge in [-0.2, -0.15) is 0 Å². The van der Waals surface area contributed by atoms with Crippen LogP contribution in [0, 0.1) is 0 Å². The van der Waals surface area contributed by atoms with E-state index in [0.29, 0.717) is 10.8 Å². The summed E-state index contributed by atoms with van der Waals surface area (Å²) in [5.74, 6) is 1.16. The van der Waals surface area contributed by atoms with Crippen LogP contribution >= 0.6 is 11.8 Å². The monoisotopic (exact) mass is 616 g/mol. The number of thioether (sulfide) groups is 1. The number of anilines is 2. The Morgan fingerprint density at radius 3 is 2.02 bits per heavy atom. The van der Waals surface area contributed by atoms with E-state index in [4.69, 9.17) is 14.5 Å². The second-order valence-electron chi connectivity index (χ2n) is 9.17. The molecule has 5 rings (SSSR count). The second kappa shape index (κ2) is 13.0. The van der Waals surface area contributed by atoms with Gasteiger partial charge in [-0.15, -0.1) is 0 Å². The van der Waals surface area contributed by atoms with Crippen LogP contribution in [0.25, 0.3) is 22.5 Å². The van der Waals surface area contributed by atoms with Crippen molar-refractivity contribution in [2.24, 2.45) is 0 Å². The Kier molecular flexibility index (Phi) is 8.93. The Hall–Kier alpha value is -4.88. The molecule has 0 bridgehead atoms. The summed E-state index contributed by atoms with van der Waals surface area (Å²) in [6.07, 6.45) is 2.87. The zero-order chi connectivity index (χ0) is 30.4. The van der Waals surface area contributed by atoms with Crippen molar-refractivity contribution in [3.8, 4) is 34.0 Å². The molecule has 0 saturated heterocycles. The number of nitrogens with one attached hydrogen (secondary N) is 3. The van der Waals surface area contributed by atoms with Crippen molar-refractivity contribution in [1.29, 1.82) is 0 Å². The number of aromatic nitrogens is 4. The molecule has 1 atom stereocenters. The molecule has 0 radical (unpaired) electrons. The number of hydrogen-bond donors (Lipinski definition) is 3. The van der Waals surface area contributed by atoms with E-state index in [9.17, 15) is 13.2 Å². The summed E-state index contributed by atoms with van der Waals surface area (Å²) in [6, 6.07) is 22.6. The molecule has 0 aliphatic carbocycles. The highest BCUT2D eigenvalue weighted by Gasteiger charge is 2.21. The molecule has 11 nitrogen and oxygen atoms in total. The van der Waals surface area contributed by atoms with Gasteiger partial charge in [-0.3, -0.25) is 4.79 Å². The summed E-state index contributed by atoms with van der Waals surface area (Å²) in [4.78, 5) is 29.0. The number of imidazole rings is 1. The molecule has 0 fully saturated rings. The molecular formula is C30H28N6O5S2. The van der Waals surface area contributed by atoms with Crippen LogP contribution in [0.2, 0.25) is 0 Å². The van der Waals surface area contributed by atoms with E-state index < -0.39 is 15.3 Å². The number of rotatable bonds is 11. The van der Waals surface area contributed by atoms with Crippen LogP contribution in [0.1, 0.15) is 6.92 Å². The van der Waals surface area contributed by atoms with E-state index in [0.717, 1.165) is 34.0 Å². The summed E-state index contributed by atoms with van der Waals surface area (Å²) >= 11 is 1.27. The van der Waals surface area contributed by atoms with E-state index in [1.165, 1.54) is 48.4 Å². The number of aromatic amines is 1. The number of carbonyl (C=O) groups is 1. The van der Waals surface area contributed by atoms with Gasteiger partial charge in [-0.05, 0) is 85.8 Å². The van der Waals surface area contributed by atoms with Gasteiger partial charge in [0.2, 0.25) is 11.9 Å². The molecule has 43 heavy (non-hydrogen) atoms. The van der Waals surface area contributed by atoms with Gasteiger partial charge in [0.25, 0.3) is 10.0 Å². The number of methoxy groups -OCH3 is 2. The standard InChI is InChI=1S/C30H28N6O5S2/c1-19(28(37)33-22-9-15-25(16-10-22)43(38,39)36-29-31-17-4-18-32-29)42-30-34-26(20-5-11-23(40-2)12-6-20)27(35-30)21-7-13-24(41-3)14-8-21/h4-19H,1-3H3,(H,33,37)(H,34,35)(H,31,32,36). The highest BCUT2D eigenvalue weighted by molar-refractivity contribution is 8.00. The van der Waals surface area contributed by atoms with Crippen molar-refractivity contribution in [2.75, 3.05) is 24.3 Å². The maximum absolute atomic E-state index is 13.1. The molecule has 5 aromatic rings. The maximum atomic E-state index is 13.1. The fraction of sp³-hybridized carbons (Fsp3) is 0.133. The van der Waals surface area contributed by atoms with Crippen molar-refractivity contribution in [3.05, 3.63) is 91.3 Å². The summed E-state index contributed by atoms with van der Waals surface area (Å²) in [6.45, 7) is 1.77. The number of H-pyrrole nitrogens is 1. The average molecular weight is 617 g/mol. The van der Waals surface area contributed by atoms with Gasteiger partial charge < -0.3 is 19.8 Å². The first-order valence-electron chi connectivity index (χ1n) is 13.0. The Balaban J connectivity index is 1.31. The van der Waals surface area contributed by atoms with Gasteiger partial charge in [-0.1, -0.05) is 11.8 Å². The molecule has 0 aliphatic heterocycles. The molecule has 3 aromatic carbocycles. The summed E-state index contributed by atoms with van der Waals surface area (Å²) < 4.78 is 38.2. The van der Waals surface area contributed by atoms with E-state index in [1.807, 2.05) is 48.5 Å². The molecule has 0 saturated carbocycles. The third-order valence-corrected chi connectivity index (χ3v) is 8.63. The predicted octanol–water partition coefficient (Wildman–Crippen LogP) is 5.47. The van der Waals surface area contributed by atoms with Crippen molar-refractivity contribution in [2.45, 2.75) is 22.2 Å². The minimum absolute atomic E-state index is 0.00748. The molecule has 220 valence electrons. The first-order valence-corrected chi connectivity index (χ1v) is 15.4. The Labute approximate surface area is 253 Å². The molecule has 1 unspecified atom stereocenters. The van der Waals surface area contributed by atoms with Gasteiger partial charge in [0.05, 0.1) is 35.8 Å². The van der Waals surface area contributed by atoms with Crippen LogP contribution in [-0.4, -0.2) is 53.7 Å². The fourth-order valence-corrected chi connectivity index (χ4v) is 5.81. The highest BCUT2D eigenvalue weighted by atomic mass is 32.2. The summed E-state index contributed by atoms with van der Waals surface area (Å²) in [5, 5.41) is 2.87. The van der Waals surface area contributed by atoms with Gasteiger partial charge >= 0.3 is 0 Å². The first kappa shape index (κ1) is 29.6. The van der Waals surface area contributed by atoms with E-state index in [1.54, 1.807) is 27.2 Å². The first-order chi connectivity index (χ1) is 20.8. The number of benzene rings is 3. The summed E-state index contributed by atoms with van der Waals surface area (Å²) in [7, 11) is -0.661. The number of amides is 1. The Morgan fingerprint density at radius 1 is 0.860 bits per heavy atom. The quantitative estimate of drug-likeness (QED) is 0.164. The largest absolute Gasteiger partial charge is 0.497 e. The predicted molar refractivity (Wildman–Crippen MR) is 166 cm³/mol. The van der Waals surface area contributed by atoms with Crippen LogP contribution < -0.4 is 19.5 Å². The van der Waals surface area contributed by atoms with Gasteiger partial charge in [-0.25, -0.2) is 28.1 Å². The molecule has 0 aliphatic rings. The van der Waals surface area contributed by atoms with E-state index in [-0.39, 0.29) is 16.8 Å². The minimum atomic E-state index is -3.89. The number of ether oxygens (including phenoxy) is 2. The zero-order valence-electron chi connectivity index (χ0n) is 23.4. The smallest absolute Gasteiger partial charge is 0.264 e.